The number of benzene rings is 1. The van der Waals surface area contributed by atoms with Crippen LogP contribution in [0.15, 0.2) is 60.9 Å². The minimum atomic E-state index is 0.545. The summed E-state index contributed by atoms with van der Waals surface area (Å²) in [7, 11) is 2.16. The Morgan fingerprint density at radius 1 is 0.757 bits per heavy atom. The Bertz CT molecular complexity index is 1340. The van der Waals surface area contributed by atoms with E-state index in [-0.39, 0.29) is 0 Å². The number of likely N-dealkylation sites (N-methyl/N-ethyl adjacent to an activating group) is 1. The van der Waals surface area contributed by atoms with Gasteiger partial charge in [0.2, 0.25) is 5.95 Å². The third kappa shape index (κ3) is 5.40. The summed E-state index contributed by atoms with van der Waals surface area (Å²) in [6.07, 6.45) is 3.72. The predicted octanol–water partition coefficient (Wildman–Crippen LogP) is 3.50. The number of para-hydroxylation sites is 1. The number of nitrogens with one attached hydrogen (secondary N) is 2. The molecule has 10 nitrogen and oxygen atoms in total. The van der Waals surface area contributed by atoms with Crippen LogP contribution >= 0.6 is 0 Å². The van der Waals surface area contributed by atoms with E-state index in [9.17, 15) is 0 Å². The van der Waals surface area contributed by atoms with Gasteiger partial charge in [-0.2, -0.15) is 4.98 Å². The third-order valence-electron chi connectivity index (χ3n) is 6.77. The van der Waals surface area contributed by atoms with Gasteiger partial charge in [-0.15, -0.1) is 0 Å². The van der Waals surface area contributed by atoms with Crippen molar-refractivity contribution in [2.24, 2.45) is 0 Å². The summed E-state index contributed by atoms with van der Waals surface area (Å²) in [5.41, 5.74) is 2.86. The van der Waals surface area contributed by atoms with Gasteiger partial charge in [-0.3, -0.25) is 0 Å². The van der Waals surface area contributed by atoms with Crippen molar-refractivity contribution in [3.63, 3.8) is 0 Å². The molecule has 1 aromatic carbocycles. The van der Waals surface area contributed by atoms with Crippen LogP contribution in [0.4, 0.5) is 34.8 Å². The zero-order valence-corrected chi connectivity index (χ0v) is 21.0. The van der Waals surface area contributed by atoms with Crippen LogP contribution in [0, 0.1) is 0 Å². The number of pyridine rings is 2. The summed E-state index contributed by atoms with van der Waals surface area (Å²) in [6.45, 7) is 7.06. The molecule has 10 heteroatoms. The summed E-state index contributed by atoms with van der Waals surface area (Å²) in [6, 6.07) is 16.1. The highest BCUT2D eigenvalue weighted by atomic mass is 16.5. The Labute approximate surface area is 216 Å². The van der Waals surface area contributed by atoms with Crippen LogP contribution in [0.25, 0.3) is 10.9 Å². The molecule has 0 amide bonds. The van der Waals surface area contributed by atoms with E-state index >= 15 is 0 Å². The van der Waals surface area contributed by atoms with Crippen molar-refractivity contribution in [3.05, 3.63) is 60.9 Å². The van der Waals surface area contributed by atoms with E-state index in [1.54, 1.807) is 6.20 Å². The molecule has 6 rings (SSSR count). The van der Waals surface area contributed by atoms with Crippen molar-refractivity contribution in [1.29, 1.82) is 0 Å². The average Bonchev–Trinajstić information content (AvgIpc) is 2.95. The zero-order chi connectivity index (χ0) is 25.0. The highest BCUT2D eigenvalue weighted by molar-refractivity contribution is 5.92. The molecule has 0 aliphatic carbocycles. The number of piperazine rings is 1. The molecule has 4 aromatic rings. The van der Waals surface area contributed by atoms with Crippen LogP contribution < -0.4 is 20.4 Å². The predicted molar refractivity (Wildman–Crippen MR) is 147 cm³/mol. The fraction of sp³-hybridized carbons (Fsp3) is 0.333. The third-order valence-corrected chi connectivity index (χ3v) is 6.77. The van der Waals surface area contributed by atoms with E-state index < -0.39 is 0 Å². The van der Waals surface area contributed by atoms with Crippen molar-refractivity contribution in [2.75, 3.05) is 80.0 Å². The van der Waals surface area contributed by atoms with Crippen LogP contribution in [0.5, 0.6) is 0 Å². The zero-order valence-electron chi connectivity index (χ0n) is 21.0. The lowest BCUT2D eigenvalue weighted by Crippen LogP contribution is -2.44. The highest BCUT2D eigenvalue weighted by Crippen LogP contribution is 2.29. The van der Waals surface area contributed by atoms with Crippen LogP contribution in [0.1, 0.15) is 0 Å². The quantitative estimate of drug-likeness (QED) is 0.412. The highest BCUT2D eigenvalue weighted by Gasteiger charge is 2.19. The summed E-state index contributed by atoms with van der Waals surface area (Å²) in [5.74, 6) is 2.87. The van der Waals surface area contributed by atoms with Crippen molar-refractivity contribution in [2.45, 2.75) is 0 Å². The van der Waals surface area contributed by atoms with Gasteiger partial charge in [0, 0.05) is 50.3 Å². The number of anilines is 6. The molecule has 5 heterocycles. The number of hydrogen-bond donors (Lipinski definition) is 2. The standard InChI is InChI=1S/C27H31N9O/c1-34-9-11-35(12-10-34)21-7-8-24(28-18-21)32-25-17-22-23(19-29-25)31-27(30-20-5-3-2-4-6-20)33-26(22)36-13-15-37-16-14-36/h2-8,17-19H,9-16H2,1H3,(H,28,29,32)(H,30,31,33). The molecule has 0 radical (unpaired) electrons. The molecular formula is C27H31N9O. The first-order valence-corrected chi connectivity index (χ1v) is 12.7. The van der Waals surface area contributed by atoms with Crippen molar-refractivity contribution in [3.8, 4) is 0 Å². The molecule has 0 spiro atoms. The molecule has 37 heavy (non-hydrogen) atoms. The number of ether oxygens (including phenoxy) is 1. The van der Waals surface area contributed by atoms with E-state index in [1.807, 2.05) is 48.7 Å². The number of nitrogens with zero attached hydrogens (tertiary/aromatic N) is 7. The van der Waals surface area contributed by atoms with E-state index in [0.29, 0.717) is 25.0 Å². The fourth-order valence-corrected chi connectivity index (χ4v) is 4.65. The molecule has 0 unspecified atom stereocenters. The summed E-state index contributed by atoms with van der Waals surface area (Å²) >= 11 is 0. The Hall–Kier alpha value is -4.02. The van der Waals surface area contributed by atoms with Gasteiger partial charge in [-0.25, -0.2) is 15.0 Å². The molecule has 0 atom stereocenters. The van der Waals surface area contributed by atoms with Gasteiger partial charge in [0.05, 0.1) is 36.8 Å². The number of fused-ring (bicyclic) bond motifs is 1. The van der Waals surface area contributed by atoms with Crippen molar-refractivity contribution < 1.29 is 4.74 Å². The van der Waals surface area contributed by atoms with Crippen LogP contribution in [-0.2, 0) is 4.74 Å². The summed E-state index contributed by atoms with van der Waals surface area (Å²) < 4.78 is 5.58. The number of rotatable bonds is 6. The van der Waals surface area contributed by atoms with Crippen LogP contribution in [0.2, 0.25) is 0 Å². The molecule has 190 valence electrons. The van der Waals surface area contributed by atoms with Gasteiger partial charge >= 0.3 is 0 Å². The lowest BCUT2D eigenvalue weighted by Gasteiger charge is -2.33. The molecule has 0 saturated carbocycles. The summed E-state index contributed by atoms with van der Waals surface area (Å²) in [5, 5.41) is 7.62. The Kier molecular flexibility index (Phi) is 6.66. The largest absolute Gasteiger partial charge is 0.378 e. The first-order valence-electron chi connectivity index (χ1n) is 12.7. The molecular weight excluding hydrogens is 466 g/mol. The topological polar surface area (TPSA) is 94.6 Å². The minimum Gasteiger partial charge on any atom is -0.378 e. The second-order valence-electron chi connectivity index (χ2n) is 9.36. The second kappa shape index (κ2) is 10.5. The molecule has 3 aromatic heterocycles. The van der Waals surface area contributed by atoms with Gasteiger partial charge in [0.25, 0.3) is 0 Å². The molecule has 2 saturated heterocycles. The maximum Gasteiger partial charge on any atom is 0.229 e. The van der Waals surface area contributed by atoms with Gasteiger partial charge in [-0.1, -0.05) is 18.2 Å². The van der Waals surface area contributed by atoms with Gasteiger partial charge in [-0.05, 0) is 37.4 Å². The first-order chi connectivity index (χ1) is 18.2. The molecule has 2 N–H and O–H groups in total. The first kappa shape index (κ1) is 23.4. The lowest BCUT2D eigenvalue weighted by atomic mass is 10.2. The SMILES string of the molecule is CN1CCN(c2ccc(Nc3cc4c(N5CCOCC5)nc(Nc5ccccc5)nc4cn3)nc2)CC1. The van der Waals surface area contributed by atoms with E-state index in [1.165, 1.54) is 0 Å². The number of aromatic nitrogens is 4. The van der Waals surface area contributed by atoms with Crippen molar-refractivity contribution in [1.82, 2.24) is 24.8 Å². The minimum absolute atomic E-state index is 0.545. The lowest BCUT2D eigenvalue weighted by molar-refractivity contribution is 0.122. The molecule has 2 aliphatic rings. The molecule has 2 aliphatic heterocycles. The maximum absolute atomic E-state index is 5.58. The van der Waals surface area contributed by atoms with E-state index in [4.69, 9.17) is 14.7 Å². The van der Waals surface area contributed by atoms with Gasteiger partial charge in [0.15, 0.2) is 0 Å². The van der Waals surface area contributed by atoms with Gasteiger partial charge in [0.1, 0.15) is 17.5 Å². The fourth-order valence-electron chi connectivity index (χ4n) is 4.65. The maximum atomic E-state index is 5.58. The Morgan fingerprint density at radius 2 is 1.54 bits per heavy atom. The smallest absolute Gasteiger partial charge is 0.229 e. The molecule has 0 bridgehead atoms. The number of morpholine rings is 1. The average molecular weight is 498 g/mol. The van der Waals surface area contributed by atoms with E-state index in [0.717, 1.165) is 73.2 Å². The van der Waals surface area contributed by atoms with Crippen LogP contribution in [-0.4, -0.2) is 84.4 Å². The summed E-state index contributed by atoms with van der Waals surface area (Å²) in [4.78, 5) is 25.9. The van der Waals surface area contributed by atoms with Gasteiger partial charge < -0.3 is 30.1 Å². The Morgan fingerprint density at radius 3 is 2.30 bits per heavy atom. The van der Waals surface area contributed by atoms with E-state index in [2.05, 4.69) is 48.4 Å². The van der Waals surface area contributed by atoms with Crippen LogP contribution in [0.3, 0.4) is 0 Å². The van der Waals surface area contributed by atoms with Crippen molar-refractivity contribution >= 4 is 45.7 Å². The number of hydrogen-bond acceptors (Lipinski definition) is 10. The Balaban J connectivity index is 1.27. The normalized spacial score (nSPS) is 16.7. The molecule has 2 fully saturated rings. The second-order valence-corrected chi connectivity index (χ2v) is 9.36. The monoisotopic (exact) mass is 497 g/mol.